The molecule has 0 unspecified atom stereocenters. The van der Waals surface area contributed by atoms with E-state index in [1.165, 1.54) is 6.33 Å². The standard InChI is InChI=1S/C13H13Cl2N3O/c1-2-5-16-12-7-13(18-8-17-12)19-11-6-9(14)3-4-10(11)15/h3-4,6-8H,2,5H2,1H3,(H,16,17,18). The van der Waals surface area contributed by atoms with Crippen molar-refractivity contribution in [1.82, 2.24) is 9.97 Å². The van der Waals surface area contributed by atoms with Crippen LogP contribution in [0.4, 0.5) is 5.82 Å². The van der Waals surface area contributed by atoms with Gasteiger partial charge in [-0.15, -0.1) is 0 Å². The quantitative estimate of drug-likeness (QED) is 0.889. The molecule has 0 atom stereocenters. The van der Waals surface area contributed by atoms with Gasteiger partial charge in [0, 0.05) is 23.7 Å². The summed E-state index contributed by atoms with van der Waals surface area (Å²) in [6.07, 6.45) is 2.45. The molecule has 0 spiro atoms. The molecule has 6 heteroatoms. The topological polar surface area (TPSA) is 47.0 Å². The van der Waals surface area contributed by atoms with E-state index in [2.05, 4.69) is 22.2 Å². The normalized spacial score (nSPS) is 10.3. The highest BCUT2D eigenvalue weighted by Gasteiger charge is 2.06. The van der Waals surface area contributed by atoms with Gasteiger partial charge in [0.05, 0.1) is 5.02 Å². The van der Waals surface area contributed by atoms with E-state index < -0.39 is 0 Å². The minimum atomic E-state index is 0.415. The smallest absolute Gasteiger partial charge is 0.224 e. The average Bonchev–Trinajstić information content (AvgIpc) is 2.41. The number of hydrogen-bond donors (Lipinski definition) is 1. The molecule has 0 saturated heterocycles. The summed E-state index contributed by atoms with van der Waals surface area (Å²) in [5, 5.41) is 4.19. The zero-order valence-electron chi connectivity index (χ0n) is 10.4. The van der Waals surface area contributed by atoms with Crippen molar-refractivity contribution in [3.8, 4) is 11.6 Å². The van der Waals surface area contributed by atoms with Gasteiger partial charge in [-0.3, -0.25) is 0 Å². The van der Waals surface area contributed by atoms with Gasteiger partial charge in [0.25, 0.3) is 0 Å². The minimum Gasteiger partial charge on any atom is -0.437 e. The molecule has 4 nitrogen and oxygen atoms in total. The second kappa shape index (κ2) is 6.59. The molecule has 0 radical (unpaired) electrons. The van der Waals surface area contributed by atoms with Crippen LogP contribution in [0.25, 0.3) is 0 Å². The third-order valence-corrected chi connectivity index (χ3v) is 2.85. The van der Waals surface area contributed by atoms with Crippen LogP contribution in [0.1, 0.15) is 13.3 Å². The fourth-order valence-electron chi connectivity index (χ4n) is 1.41. The largest absolute Gasteiger partial charge is 0.437 e. The van der Waals surface area contributed by atoms with Crippen LogP contribution in [0.3, 0.4) is 0 Å². The Balaban J connectivity index is 2.16. The number of aromatic nitrogens is 2. The number of rotatable bonds is 5. The highest BCUT2D eigenvalue weighted by atomic mass is 35.5. The molecule has 0 amide bonds. The maximum atomic E-state index is 6.03. The molecule has 100 valence electrons. The first-order valence-corrected chi connectivity index (χ1v) is 6.63. The van der Waals surface area contributed by atoms with Gasteiger partial charge in [-0.05, 0) is 18.6 Å². The Labute approximate surface area is 121 Å². The van der Waals surface area contributed by atoms with Crippen molar-refractivity contribution >= 4 is 29.0 Å². The minimum absolute atomic E-state index is 0.415. The SMILES string of the molecule is CCCNc1cc(Oc2cc(Cl)ccc2Cl)ncn1. The molecular weight excluding hydrogens is 285 g/mol. The second-order valence-corrected chi connectivity index (χ2v) is 4.69. The Morgan fingerprint density at radius 1 is 1.21 bits per heavy atom. The highest BCUT2D eigenvalue weighted by molar-refractivity contribution is 6.34. The summed E-state index contributed by atoms with van der Waals surface area (Å²) in [5.74, 6) is 1.59. The van der Waals surface area contributed by atoms with Gasteiger partial charge < -0.3 is 10.1 Å². The third kappa shape index (κ3) is 3.98. The van der Waals surface area contributed by atoms with Gasteiger partial charge in [-0.25, -0.2) is 9.97 Å². The maximum absolute atomic E-state index is 6.03. The predicted octanol–water partition coefficient (Wildman–Crippen LogP) is 4.40. The molecule has 2 rings (SSSR count). The lowest BCUT2D eigenvalue weighted by Gasteiger charge is -2.08. The van der Waals surface area contributed by atoms with Crippen LogP contribution >= 0.6 is 23.2 Å². The van der Waals surface area contributed by atoms with Gasteiger partial charge in [0.2, 0.25) is 5.88 Å². The summed E-state index contributed by atoms with van der Waals surface area (Å²) >= 11 is 11.9. The first-order valence-electron chi connectivity index (χ1n) is 5.88. The summed E-state index contributed by atoms with van der Waals surface area (Å²) in [6, 6.07) is 6.74. The van der Waals surface area contributed by atoms with Crippen molar-refractivity contribution in [2.75, 3.05) is 11.9 Å². The van der Waals surface area contributed by atoms with Gasteiger partial charge in [-0.1, -0.05) is 30.1 Å². The van der Waals surface area contributed by atoms with Crippen LogP contribution in [0.15, 0.2) is 30.6 Å². The molecule has 0 bridgehead atoms. The third-order valence-electron chi connectivity index (χ3n) is 2.31. The molecule has 0 aliphatic carbocycles. The van der Waals surface area contributed by atoms with Crippen LogP contribution in [0.5, 0.6) is 11.6 Å². The number of benzene rings is 1. The van der Waals surface area contributed by atoms with Crippen LogP contribution in [0, 0.1) is 0 Å². The van der Waals surface area contributed by atoms with E-state index in [1.54, 1.807) is 24.3 Å². The van der Waals surface area contributed by atoms with Gasteiger partial charge in [0.1, 0.15) is 17.9 Å². The number of hydrogen-bond acceptors (Lipinski definition) is 4. The summed E-state index contributed by atoms with van der Waals surface area (Å²) in [7, 11) is 0. The van der Waals surface area contributed by atoms with E-state index in [9.17, 15) is 0 Å². The summed E-state index contributed by atoms with van der Waals surface area (Å²) in [6.45, 7) is 2.92. The molecule has 1 N–H and O–H groups in total. The highest BCUT2D eigenvalue weighted by Crippen LogP contribution is 2.31. The molecule has 19 heavy (non-hydrogen) atoms. The molecule has 1 heterocycles. The zero-order chi connectivity index (χ0) is 13.7. The zero-order valence-corrected chi connectivity index (χ0v) is 11.9. The number of halogens is 2. The van der Waals surface area contributed by atoms with Crippen molar-refractivity contribution in [3.05, 3.63) is 40.6 Å². The molecular formula is C13H13Cl2N3O. The van der Waals surface area contributed by atoms with Crippen LogP contribution < -0.4 is 10.1 Å². The van der Waals surface area contributed by atoms with Crippen molar-refractivity contribution in [1.29, 1.82) is 0 Å². The predicted molar refractivity (Wildman–Crippen MR) is 77.3 cm³/mol. The summed E-state index contributed by atoms with van der Waals surface area (Å²) in [4.78, 5) is 8.14. The Bertz CT molecular complexity index is 563. The van der Waals surface area contributed by atoms with Crippen molar-refractivity contribution < 1.29 is 4.74 Å². The van der Waals surface area contributed by atoms with Crippen LogP contribution in [-0.4, -0.2) is 16.5 Å². The van der Waals surface area contributed by atoms with E-state index in [0.717, 1.165) is 13.0 Å². The molecule has 1 aromatic heterocycles. The Morgan fingerprint density at radius 3 is 2.84 bits per heavy atom. The first kappa shape index (κ1) is 13.9. The monoisotopic (exact) mass is 297 g/mol. The molecule has 0 saturated carbocycles. The average molecular weight is 298 g/mol. The van der Waals surface area contributed by atoms with E-state index in [-0.39, 0.29) is 0 Å². The fraction of sp³-hybridized carbons (Fsp3) is 0.231. The number of ether oxygens (including phenoxy) is 1. The Hall–Kier alpha value is -1.52. The van der Waals surface area contributed by atoms with E-state index >= 15 is 0 Å². The Morgan fingerprint density at radius 2 is 2.05 bits per heavy atom. The van der Waals surface area contributed by atoms with Gasteiger partial charge >= 0.3 is 0 Å². The lowest BCUT2D eigenvalue weighted by molar-refractivity contribution is 0.462. The fourth-order valence-corrected chi connectivity index (χ4v) is 1.73. The second-order valence-electron chi connectivity index (χ2n) is 3.85. The lowest BCUT2D eigenvalue weighted by atomic mass is 10.3. The van der Waals surface area contributed by atoms with Crippen molar-refractivity contribution in [3.63, 3.8) is 0 Å². The summed E-state index contributed by atoms with van der Waals surface area (Å²) in [5.41, 5.74) is 0. The van der Waals surface area contributed by atoms with Crippen molar-refractivity contribution in [2.45, 2.75) is 13.3 Å². The van der Waals surface area contributed by atoms with Gasteiger partial charge in [-0.2, -0.15) is 0 Å². The lowest BCUT2D eigenvalue weighted by Crippen LogP contribution is -2.02. The van der Waals surface area contributed by atoms with Crippen LogP contribution in [0.2, 0.25) is 10.0 Å². The van der Waals surface area contributed by atoms with Crippen LogP contribution in [-0.2, 0) is 0 Å². The van der Waals surface area contributed by atoms with Crippen molar-refractivity contribution in [2.24, 2.45) is 0 Å². The van der Waals surface area contributed by atoms with E-state index in [1.807, 2.05) is 0 Å². The number of anilines is 1. The Kier molecular flexibility index (Phi) is 4.82. The summed E-state index contributed by atoms with van der Waals surface area (Å²) < 4.78 is 5.60. The number of nitrogens with zero attached hydrogens (tertiary/aromatic N) is 2. The van der Waals surface area contributed by atoms with E-state index in [4.69, 9.17) is 27.9 Å². The molecule has 0 fully saturated rings. The molecule has 1 aromatic carbocycles. The molecule has 2 aromatic rings. The number of nitrogens with one attached hydrogen (secondary N) is 1. The molecule has 0 aliphatic heterocycles. The van der Waals surface area contributed by atoms with E-state index in [0.29, 0.717) is 27.5 Å². The first-order chi connectivity index (χ1) is 9.19. The van der Waals surface area contributed by atoms with Gasteiger partial charge in [0.15, 0.2) is 0 Å². The maximum Gasteiger partial charge on any atom is 0.224 e. The molecule has 0 aliphatic rings.